The number of nitrogens with one attached hydrogen (secondary N) is 1. The van der Waals surface area contributed by atoms with Crippen molar-refractivity contribution in [2.75, 3.05) is 16.8 Å². The Balaban J connectivity index is 1.41. The van der Waals surface area contributed by atoms with Gasteiger partial charge in [-0.1, -0.05) is 35.4 Å². The van der Waals surface area contributed by atoms with Crippen molar-refractivity contribution in [3.63, 3.8) is 0 Å². The average molecular weight is 377 g/mol. The van der Waals surface area contributed by atoms with Gasteiger partial charge in [0.25, 0.3) is 0 Å². The van der Waals surface area contributed by atoms with Gasteiger partial charge < -0.3 is 10.2 Å². The van der Waals surface area contributed by atoms with Crippen LogP contribution in [0.5, 0.6) is 0 Å². The number of benzene rings is 1. The van der Waals surface area contributed by atoms with E-state index >= 15 is 0 Å². The van der Waals surface area contributed by atoms with Crippen LogP contribution in [0.3, 0.4) is 0 Å². The van der Waals surface area contributed by atoms with Crippen molar-refractivity contribution in [1.29, 1.82) is 0 Å². The van der Waals surface area contributed by atoms with Crippen molar-refractivity contribution in [3.05, 3.63) is 34.3 Å². The number of carbonyl (C=O) groups excluding carboxylic acids is 2. The monoisotopic (exact) mass is 376 g/mol. The molecule has 8 heteroatoms. The molecule has 1 aliphatic carbocycles. The fourth-order valence-electron chi connectivity index (χ4n) is 3.09. The van der Waals surface area contributed by atoms with E-state index in [1.807, 2.05) is 6.07 Å². The summed E-state index contributed by atoms with van der Waals surface area (Å²) in [6, 6.07) is 7.10. The second kappa shape index (κ2) is 6.72. The Morgan fingerprint density at radius 1 is 1.32 bits per heavy atom. The molecule has 2 heterocycles. The molecule has 1 aromatic heterocycles. The third-order valence-electron chi connectivity index (χ3n) is 4.74. The van der Waals surface area contributed by atoms with Gasteiger partial charge in [-0.25, -0.2) is 0 Å². The lowest BCUT2D eigenvalue weighted by Crippen LogP contribution is -2.28. The van der Waals surface area contributed by atoms with Gasteiger partial charge in [0.05, 0.1) is 5.92 Å². The Kier molecular flexibility index (Phi) is 4.43. The maximum Gasteiger partial charge on any atom is 0.231 e. The van der Waals surface area contributed by atoms with E-state index in [1.54, 1.807) is 23.1 Å². The van der Waals surface area contributed by atoms with Gasteiger partial charge in [-0.2, -0.15) is 0 Å². The zero-order valence-corrected chi connectivity index (χ0v) is 15.0. The second-order valence-electron chi connectivity index (χ2n) is 6.45. The molecular formula is C17H17ClN4O2S. The Morgan fingerprint density at radius 3 is 2.88 bits per heavy atom. The van der Waals surface area contributed by atoms with Crippen molar-refractivity contribution in [2.24, 2.45) is 5.92 Å². The molecule has 0 bridgehead atoms. The van der Waals surface area contributed by atoms with Gasteiger partial charge in [0.1, 0.15) is 5.01 Å². The van der Waals surface area contributed by atoms with Crippen molar-refractivity contribution >= 4 is 45.6 Å². The van der Waals surface area contributed by atoms with Gasteiger partial charge in [0.2, 0.25) is 16.9 Å². The number of rotatable bonds is 4. The van der Waals surface area contributed by atoms with E-state index in [1.165, 1.54) is 17.8 Å². The molecule has 2 fully saturated rings. The molecule has 6 nitrogen and oxygen atoms in total. The van der Waals surface area contributed by atoms with Crippen LogP contribution >= 0.6 is 22.9 Å². The number of amides is 2. The van der Waals surface area contributed by atoms with Crippen molar-refractivity contribution in [2.45, 2.75) is 31.6 Å². The first-order chi connectivity index (χ1) is 12.1. The van der Waals surface area contributed by atoms with Crippen LogP contribution in [0.1, 0.15) is 36.6 Å². The molecule has 4 rings (SSSR count). The lowest BCUT2D eigenvalue weighted by molar-refractivity contribution is -0.122. The normalized spacial score (nSPS) is 20.6. The summed E-state index contributed by atoms with van der Waals surface area (Å²) in [5, 5.41) is 13.1. The molecule has 1 aromatic carbocycles. The molecule has 2 amide bonds. The molecule has 1 aliphatic heterocycles. The van der Waals surface area contributed by atoms with Crippen molar-refractivity contribution in [1.82, 2.24) is 10.2 Å². The first-order valence-electron chi connectivity index (χ1n) is 8.30. The fraction of sp³-hybridized carbons (Fsp3) is 0.412. The van der Waals surface area contributed by atoms with Gasteiger partial charge in [-0.05, 0) is 31.0 Å². The molecule has 1 saturated heterocycles. The van der Waals surface area contributed by atoms with Crippen LogP contribution in [0, 0.1) is 5.92 Å². The number of nitrogens with zero attached hydrogens (tertiary/aromatic N) is 3. The summed E-state index contributed by atoms with van der Waals surface area (Å²) in [4.78, 5) is 26.4. The third-order valence-corrected chi connectivity index (χ3v) is 5.98. The number of hydrogen-bond donors (Lipinski definition) is 1. The summed E-state index contributed by atoms with van der Waals surface area (Å²) in [6.45, 7) is 0.347. The van der Waals surface area contributed by atoms with Crippen LogP contribution in [0.4, 0.5) is 10.8 Å². The van der Waals surface area contributed by atoms with E-state index in [0.717, 1.165) is 23.5 Å². The maximum atomic E-state index is 12.5. The summed E-state index contributed by atoms with van der Waals surface area (Å²) in [7, 11) is 0. The molecule has 1 N–H and O–H groups in total. The highest BCUT2D eigenvalue weighted by Crippen LogP contribution is 2.38. The minimum atomic E-state index is -0.400. The van der Waals surface area contributed by atoms with E-state index in [-0.39, 0.29) is 18.2 Å². The van der Waals surface area contributed by atoms with Gasteiger partial charge in [0, 0.05) is 29.6 Å². The van der Waals surface area contributed by atoms with Crippen LogP contribution in [-0.4, -0.2) is 28.6 Å². The van der Waals surface area contributed by atoms with E-state index in [9.17, 15) is 9.59 Å². The number of halogens is 1. The highest BCUT2D eigenvalue weighted by atomic mass is 35.5. The molecule has 1 unspecified atom stereocenters. The Morgan fingerprint density at radius 2 is 2.16 bits per heavy atom. The van der Waals surface area contributed by atoms with Gasteiger partial charge >= 0.3 is 0 Å². The predicted octanol–water partition coefficient (Wildman–Crippen LogP) is 3.45. The average Bonchev–Trinajstić information content (AvgIpc) is 3.12. The maximum absolute atomic E-state index is 12.5. The summed E-state index contributed by atoms with van der Waals surface area (Å²) in [5.41, 5.74) is 0.719. The standard InChI is InChI=1S/C17H17ClN4O2S/c18-12-5-2-6-13(8-12)22-9-11(7-14(22)23)15(24)19-17-21-20-16(25-17)10-3-1-4-10/h2,5-6,8,10-11H,1,3-4,7,9H2,(H,19,21,24). The molecule has 25 heavy (non-hydrogen) atoms. The SMILES string of the molecule is O=C(Nc1nnc(C2CCC2)s1)C1CC(=O)N(c2cccc(Cl)c2)C1. The Hall–Kier alpha value is -1.99. The Labute approximate surface area is 154 Å². The number of anilines is 2. The first kappa shape index (κ1) is 16.5. The minimum absolute atomic E-state index is 0.0742. The number of hydrogen-bond acceptors (Lipinski definition) is 5. The molecule has 0 radical (unpaired) electrons. The number of carbonyl (C=O) groups is 2. The molecule has 1 atom stereocenters. The van der Waals surface area contributed by atoms with E-state index in [4.69, 9.17) is 11.6 Å². The lowest BCUT2D eigenvalue weighted by Gasteiger charge is -2.21. The quantitative estimate of drug-likeness (QED) is 0.886. The van der Waals surface area contributed by atoms with Crippen LogP contribution in [0.15, 0.2) is 24.3 Å². The summed E-state index contributed by atoms with van der Waals surface area (Å²) < 4.78 is 0. The van der Waals surface area contributed by atoms with Crippen LogP contribution in [-0.2, 0) is 9.59 Å². The molecule has 0 spiro atoms. The molecule has 2 aromatic rings. The zero-order valence-electron chi connectivity index (χ0n) is 13.4. The lowest BCUT2D eigenvalue weighted by atomic mass is 9.86. The van der Waals surface area contributed by atoms with Crippen molar-refractivity contribution < 1.29 is 9.59 Å². The van der Waals surface area contributed by atoms with Crippen LogP contribution in [0.25, 0.3) is 0 Å². The van der Waals surface area contributed by atoms with E-state index < -0.39 is 5.92 Å². The van der Waals surface area contributed by atoms with E-state index in [2.05, 4.69) is 15.5 Å². The molecule has 1 saturated carbocycles. The molecular weight excluding hydrogens is 360 g/mol. The highest BCUT2D eigenvalue weighted by molar-refractivity contribution is 7.15. The van der Waals surface area contributed by atoms with Crippen LogP contribution < -0.4 is 10.2 Å². The zero-order chi connectivity index (χ0) is 17.4. The topological polar surface area (TPSA) is 75.2 Å². The smallest absolute Gasteiger partial charge is 0.231 e. The second-order valence-corrected chi connectivity index (χ2v) is 7.89. The Bertz CT molecular complexity index is 820. The third kappa shape index (κ3) is 3.39. The summed E-state index contributed by atoms with van der Waals surface area (Å²) in [5.74, 6) is -0.166. The first-order valence-corrected chi connectivity index (χ1v) is 9.50. The van der Waals surface area contributed by atoms with E-state index in [0.29, 0.717) is 22.6 Å². The summed E-state index contributed by atoms with van der Waals surface area (Å²) in [6.07, 6.45) is 3.71. The largest absolute Gasteiger partial charge is 0.312 e. The molecule has 130 valence electrons. The predicted molar refractivity (Wildman–Crippen MR) is 97.0 cm³/mol. The van der Waals surface area contributed by atoms with Crippen molar-refractivity contribution in [3.8, 4) is 0 Å². The number of aromatic nitrogens is 2. The highest BCUT2D eigenvalue weighted by Gasteiger charge is 2.35. The summed E-state index contributed by atoms with van der Waals surface area (Å²) >= 11 is 7.42. The minimum Gasteiger partial charge on any atom is -0.312 e. The van der Waals surface area contributed by atoms with Crippen LogP contribution in [0.2, 0.25) is 5.02 Å². The molecule has 2 aliphatic rings. The van der Waals surface area contributed by atoms with Gasteiger partial charge in [-0.3, -0.25) is 9.59 Å². The van der Waals surface area contributed by atoms with Gasteiger partial charge in [-0.15, -0.1) is 10.2 Å². The fourth-order valence-corrected chi connectivity index (χ4v) is 4.19. The van der Waals surface area contributed by atoms with Gasteiger partial charge in [0.15, 0.2) is 0 Å².